The second-order valence-corrected chi connectivity index (χ2v) is 5.02. The van der Waals surface area contributed by atoms with Crippen LogP contribution in [0, 0.1) is 0 Å². The molecule has 0 saturated carbocycles. The summed E-state index contributed by atoms with van der Waals surface area (Å²) >= 11 is 0. The molecule has 2 heterocycles. The number of guanidine groups is 1. The standard InChI is InChI=1S/C15H25N7.HI/c1-2-16-15(18-8-12-21-9-5-6-10-21)17-7-3-4-11-22-13-19-20-14-22;/h5-6,9-10,13-14H,2-4,7-8,11-12H2,1H3,(H2,16,17,18);1H. The summed E-state index contributed by atoms with van der Waals surface area (Å²) in [4.78, 5) is 4.60. The molecule has 23 heavy (non-hydrogen) atoms. The zero-order valence-corrected chi connectivity index (χ0v) is 15.9. The van der Waals surface area contributed by atoms with Crippen LogP contribution in [-0.2, 0) is 13.1 Å². The Hall–Kier alpha value is -1.58. The Morgan fingerprint density at radius 3 is 2.43 bits per heavy atom. The van der Waals surface area contributed by atoms with Crippen LogP contribution in [0.15, 0.2) is 42.2 Å². The van der Waals surface area contributed by atoms with E-state index in [0.717, 1.165) is 51.5 Å². The Kier molecular flexibility index (Phi) is 10.1. The first-order valence-corrected chi connectivity index (χ1v) is 7.84. The third kappa shape index (κ3) is 8.00. The van der Waals surface area contributed by atoms with Gasteiger partial charge in [0.2, 0.25) is 0 Å². The Morgan fingerprint density at radius 1 is 1.00 bits per heavy atom. The van der Waals surface area contributed by atoms with Gasteiger partial charge in [0.1, 0.15) is 12.7 Å². The van der Waals surface area contributed by atoms with Crippen LogP contribution in [0.1, 0.15) is 19.8 Å². The molecular formula is C15H26IN7. The lowest BCUT2D eigenvalue weighted by molar-refractivity contribution is 0.610. The highest BCUT2D eigenvalue weighted by atomic mass is 127. The summed E-state index contributed by atoms with van der Waals surface area (Å²) in [6, 6.07) is 4.07. The molecule has 2 rings (SSSR count). The van der Waals surface area contributed by atoms with E-state index in [1.54, 1.807) is 12.7 Å². The summed E-state index contributed by atoms with van der Waals surface area (Å²) in [5, 5.41) is 14.2. The van der Waals surface area contributed by atoms with Crippen molar-refractivity contribution in [3.63, 3.8) is 0 Å². The van der Waals surface area contributed by atoms with Crippen LogP contribution in [0.2, 0.25) is 0 Å². The van der Waals surface area contributed by atoms with E-state index in [4.69, 9.17) is 0 Å². The molecule has 8 heteroatoms. The molecule has 0 spiro atoms. The van der Waals surface area contributed by atoms with Crippen molar-refractivity contribution >= 4 is 29.9 Å². The molecule has 0 unspecified atom stereocenters. The smallest absolute Gasteiger partial charge is 0.191 e. The van der Waals surface area contributed by atoms with E-state index >= 15 is 0 Å². The van der Waals surface area contributed by atoms with E-state index in [2.05, 4.69) is 49.7 Å². The molecule has 0 radical (unpaired) electrons. The lowest BCUT2D eigenvalue weighted by Crippen LogP contribution is -2.38. The summed E-state index contributed by atoms with van der Waals surface area (Å²) in [5.41, 5.74) is 0. The summed E-state index contributed by atoms with van der Waals surface area (Å²) in [5.74, 6) is 0.888. The van der Waals surface area contributed by atoms with Crippen LogP contribution in [0.4, 0.5) is 0 Å². The molecule has 2 aromatic rings. The van der Waals surface area contributed by atoms with Crippen molar-refractivity contribution in [3.05, 3.63) is 37.2 Å². The summed E-state index contributed by atoms with van der Waals surface area (Å²) in [6.45, 7) is 6.51. The number of nitrogens with zero attached hydrogens (tertiary/aromatic N) is 5. The predicted molar refractivity (Wildman–Crippen MR) is 103 cm³/mol. The molecule has 0 atom stereocenters. The van der Waals surface area contributed by atoms with Crippen LogP contribution in [0.3, 0.4) is 0 Å². The average Bonchev–Trinajstić information content (AvgIpc) is 3.20. The molecule has 0 amide bonds. The van der Waals surface area contributed by atoms with Gasteiger partial charge in [0.05, 0.1) is 0 Å². The predicted octanol–water partition coefficient (Wildman–Crippen LogP) is 1.73. The van der Waals surface area contributed by atoms with Crippen molar-refractivity contribution in [1.29, 1.82) is 0 Å². The zero-order valence-electron chi connectivity index (χ0n) is 13.6. The highest BCUT2D eigenvalue weighted by molar-refractivity contribution is 14.0. The SMILES string of the molecule is CCNC(=NCCCCn1cnnc1)NCCn1cccc1.I. The Bertz CT molecular complexity index is 522. The van der Waals surface area contributed by atoms with Crippen LogP contribution >= 0.6 is 24.0 Å². The first-order valence-electron chi connectivity index (χ1n) is 7.84. The topological polar surface area (TPSA) is 72.1 Å². The fourth-order valence-electron chi connectivity index (χ4n) is 2.10. The minimum absolute atomic E-state index is 0. The molecule has 7 nitrogen and oxygen atoms in total. The minimum atomic E-state index is 0. The molecule has 0 fully saturated rings. The van der Waals surface area contributed by atoms with Crippen molar-refractivity contribution in [2.24, 2.45) is 4.99 Å². The van der Waals surface area contributed by atoms with Crippen molar-refractivity contribution in [2.75, 3.05) is 19.6 Å². The lowest BCUT2D eigenvalue weighted by atomic mass is 10.3. The van der Waals surface area contributed by atoms with Gasteiger partial charge in [-0.1, -0.05) is 0 Å². The maximum atomic E-state index is 4.60. The number of aliphatic imine (C=N–C) groups is 1. The summed E-state index contributed by atoms with van der Waals surface area (Å²) in [7, 11) is 0. The van der Waals surface area contributed by atoms with E-state index in [1.165, 1.54) is 0 Å². The summed E-state index contributed by atoms with van der Waals surface area (Å²) < 4.78 is 4.14. The van der Waals surface area contributed by atoms with E-state index < -0.39 is 0 Å². The van der Waals surface area contributed by atoms with Crippen LogP contribution in [0.5, 0.6) is 0 Å². The third-order valence-corrected chi connectivity index (χ3v) is 3.23. The van der Waals surface area contributed by atoms with Gasteiger partial charge in [-0.3, -0.25) is 4.99 Å². The molecule has 2 aromatic heterocycles. The van der Waals surface area contributed by atoms with E-state index in [0.29, 0.717) is 0 Å². The molecule has 128 valence electrons. The fourth-order valence-corrected chi connectivity index (χ4v) is 2.10. The van der Waals surface area contributed by atoms with Gasteiger partial charge >= 0.3 is 0 Å². The van der Waals surface area contributed by atoms with Gasteiger partial charge in [-0.15, -0.1) is 34.2 Å². The number of rotatable bonds is 9. The van der Waals surface area contributed by atoms with Crippen LogP contribution in [0.25, 0.3) is 0 Å². The number of aromatic nitrogens is 4. The normalized spacial score (nSPS) is 11.1. The quantitative estimate of drug-likeness (QED) is 0.275. The molecule has 0 aliphatic heterocycles. The zero-order chi connectivity index (χ0) is 15.5. The van der Waals surface area contributed by atoms with Crippen LogP contribution < -0.4 is 10.6 Å². The van der Waals surface area contributed by atoms with Gasteiger partial charge in [0.25, 0.3) is 0 Å². The van der Waals surface area contributed by atoms with Gasteiger partial charge < -0.3 is 19.8 Å². The average molecular weight is 431 g/mol. The molecule has 2 N–H and O–H groups in total. The number of hydrogen-bond acceptors (Lipinski definition) is 3. The maximum absolute atomic E-state index is 4.60. The fraction of sp³-hybridized carbons (Fsp3) is 0.533. The molecule has 0 bridgehead atoms. The molecule has 0 aromatic carbocycles. The second-order valence-electron chi connectivity index (χ2n) is 5.02. The van der Waals surface area contributed by atoms with Gasteiger partial charge in [-0.25, -0.2) is 0 Å². The maximum Gasteiger partial charge on any atom is 0.191 e. The number of unbranched alkanes of at least 4 members (excludes halogenated alkanes) is 1. The monoisotopic (exact) mass is 431 g/mol. The van der Waals surface area contributed by atoms with Gasteiger partial charge in [0, 0.05) is 45.1 Å². The van der Waals surface area contributed by atoms with Crippen molar-refractivity contribution < 1.29 is 0 Å². The van der Waals surface area contributed by atoms with Gasteiger partial charge in [-0.05, 0) is 31.9 Å². The number of aryl methyl sites for hydroxylation is 1. The molecular weight excluding hydrogens is 405 g/mol. The van der Waals surface area contributed by atoms with Gasteiger partial charge in [0.15, 0.2) is 5.96 Å². The number of halogens is 1. The highest BCUT2D eigenvalue weighted by Crippen LogP contribution is 1.94. The van der Waals surface area contributed by atoms with E-state index in [1.807, 2.05) is 16.7 Å². The second kappa shape index (κ2) is 11.9. The van der Waals surface area contributed by atoms with E-state index in [9.17, 15) is 0 Å². The Labute approximate surface area is 154 Å². The third-order valence-electron chi connectivity index (χ3n) is 3.23. The van der Waals surface area contributed by atoms with Crippen LogP contribution in [-0.4, -0.2) is 44.9 Å². The number of hydrogen-bond donors (Lipinski definition) is 2. The largest absolute Gasteiger partial charge is 0.357 e. The van der Waals surface area contributed by atoms with Gasteiger partial charge in [-0.2, -0.15) is 0 Å². The lowest BCUT2D eigenvalue weighted by Gasteiger charge is -2.11. The Morgan fingerprint density at radius 2 is 1.74 bits per heavy atom. The first-order chi connectivity index (χ1) is 10.9. The Balaban J connectivity index is 0.00000264. The highest BCUT2D eigenvalue weighted by Gasteiger charge is 1.97. The summed E-state index contributed by atoms with van der Waals surface area (Å²) in [6.07, 6.45) is 9.75. The number of nitrogens with one attached hydrogen (secondary N) is 2. The van der Waals surface area contributed by atoms with Crippen molar-refractivity contribution in [2.45, 2.75) is 32.9 Å². The van der Waals surface area contributed by atoms with E-state index in [-0.39, 0.29) is 24.0 Å². The molecule has 0 aliphatic rings. The first kappa shape index (κ1) is 19.5. The van der Waals surface area contributed by atoms with Crippen molar-refractivity contribution in [3.8, 4) is 0 Å². The minimum Gasteiger partial charge on any atom is -0.357 e. The molecule has 0 aliphatic carbocycles. The molecule has 0 saturated heterocycles. The van der Waals surface area contributed by atoms with Crippen molar-refractivity contribution in [1.82, 2.24) is 30.0 Å².